The van der Waals surface area contributed by atoms with Crippen molar-refractivity contribution in [3.63, 3.8) is 0 Å². The maximum absolute atomic E-state index is 13.4. The summed E-state index contributed by atoms with van der Waals surface area (Å²) in [6, 6.07) is 3.78. The molecule has 4 aliphatic carbocycles. The fourth-order valence-electron chi connectivity index (χ4n) is 12.6. The number of imidazole rings is 1. The van der Waals surface area contributed by atoms with E-state index in [2.05, 4.69) is 59.5 Å². The van der Waals surface area contributed by atoms with Crippen LogP contribution < -0.4 is 0 Å². The Morgan fingerprint density at radius 1 is 1.04 bits per heavy atom. The maximum Gasteiger partial charge on any atom is 0.307 e. The highest BCUT2D eigenvalue weighted by molar-refractivity contribution is 5.73. The number of carboxylic acid groups (broad SMARTS) is 1. The van der Waals surface area contributed by atoms with Crippen LogP contribution in [0, 0.1) is 56.7 Å². The van der Waals surface area contributed by atoms with E-state index in [4.69, 9.17) is 14.8 Å². The second kappa shape index (κ2) is 10.5. The highest BCUT2D eigenvalue weighted by atomic mass is 16.5. The summed E-state index contributed by atoms with van der Waals surface area (Å²) in [5.41, 5.74) is 1.71. The van der Waals surface area contributed by atoms with Crippen molar-refractivity contribution in [2.75, 3.05) is 13.2 Å². The van der Waals surface area contributed by atoms with Crippen molar-refractivity contribution < 1.29 is 19.7 Å². The van der Waals surface area contributed by atoms with Crippen LogP contribution in [0.1, 0.15) is 93.0 Å². The molecule has 258 valence electrons. The molecule has 48 heavy (non-hydrogen) atoms. The largest absolute Gasteiger partial charge is 0.481 e. The number of carboxylic acids is 1. The van der Waals surface area contributed by atoms with Gasteiger partial charge < -0.3 is 19.4 Å². The van der Waals surface area contributed by atoms with Crippen molar-refractivity contribution in [2.45, 2.75) is 99.1 Å². The van der Waals surface area contributed by atoms with E-state index in [1.54, 1.807) is 12.5 Å². The summed E-state index contributed by atoms with van der Waals surface area (Å²) in [5.74, 6) is 0.948. The van der Waals surface area contributed by atoms with Gasteiger partial charge in [0, 0.05) is 35.0 Å². The minimum atomic E-state index is -0.655. The lowest BCUT2D eigenvalue weighted by Gasteiger charge is -2.71. The average Bonchev–Trinajstić information content (AvgIpc) is 3.72. The number of hydrogen-bond donors (Lipinski definition) is 2. The molecule has 3 aromatic rings. The molecule has 3 aromatic heterocycles. The van der Waals surface area contributed by atoms with Crippen LogP contribution >= 0.6 is 0 Å². The van der Waals surface area contributed by atoms with Gasteiger partial charge in [-0.2, -0.15) is 5.10 Å². The minimum absolute atomic E-state index is 0.159. The van der Waals surface area contributed by atoms with Crippen LogP contribution in [0.4, 0.5) is 0 Å². The van der Waals surface area contributed by atoms with Gasteiger partial charge in [-0.3, -0.25) is 4.79 Å². The summed E-state index contributed by atoms with van der Waals surface area (Å²) in [5, 5.41) is 28.1. The predicted octanol–water partition coefficient (Wildman–Crippen LogP) is 7.08. The molecular weight excluding hydrogens is 602 g/mol. The number of aliphatic hydroxyl groups excluding tert-OH is 1. The van der Waals surface area contributed by atoms with Crippen molar-refractivity contribution in [1.29, 1.82) is 0 Å². The van der Waals surface area contributed by atoms with Crippen LogP contribution in [-0.4, -0.2) is 59.6 Å². The van der Waals surface area contributed by atoms with Crippen LogP contribution in [-0.2, 0) is 9.53 Å². The molecule has 3 saturated carbocycles. The van der Waals surface area contributed by atoms with Crippen molar-refractivity contribution in [3.8, 4) is 11.4 Å². The standard InChI is InChI=1S/C39H53N5O4/c1-23(2)24(3)35(4)13-14-37(6)26-8-9-29-36(5)20-48-21-39(29,27(26)10-12-38(37,7)31(35)34(46)47)19-28(32(36)45)44-33(41-22-42-44)25-11-16-43-17-15-40-30(43)18-25/h10-11,15-18,22-24,26,28-29,31-32,45H,8-9,12-14,19-21H2,1-7H3,(H,46,47)/t24-,26+,28-,29+,31-,32+,35-,36+,37-,38+,39+/m1/s1. The molecule has 8 rings (SSSR count). The smallest absolute Gasteiger partial charge is 0.307 e. The van der Waals surface area contributed by atoms with Crippen LogP contribution in [0.5, 0.6) is 0 Å². The van der Waals surface area contributed by atoms with Gasteiger partial charge in [0.2, 0.25) is 0 Å². The molecule has 9 nitrogen and oxygen atoms in total. The van der Waals surface area contributed by atoms with Crippen LogP contribution in [0.25, 0.3) is 17.0 Å². The molecule has 4 fully saturated rings. The van der Waals surface area contributed by atoms with Gasteiger partial charge in [-0.15, -0.1) is 0 Å². The molecule has 2 N–H and O–H groups in total. The SMILES string of the molecule is CC(C)[C@@H](C)[C@@]1(C)CC[C@]2(C)[C@H]3CC[C@@H]4[C@@]5(COC[C@]4(C)[C@@H](O)[C@H](n4ncnc4-c4ccn6ccnc6c4)C5)C3=CC[C@@]2(C)[C@@H]1C(=O)O. The molecule has 0 spiro atoms. The van der Waals surface area contributed by atoms with Crippen molar-refractivity contribution in [3.05, 3.63) is 48.7 Å². The number of hydrogen-bond acceptors (Lipinski definition) is 6. The molecule has 11 atom stereocenters. The number of aromatic nitrogens is 5. The molecule has 1 saturated heterocycles. The Morgan fingerprint density at radius 2 is 1.83 bits per heavy atom. The number of aliphatic hydroxyl groups is 1. The first kappa shape index (κ1) is 32.2. The van der Waals surface area contributed by atoms with Gasteiger partial charge in [0.15, 0.2) is 5.82 Å². The highest BCUT2D eigenvalue weighted by Crippen LogP contribution is 2.75. The predicted molar refractivity (Wildman–Crippen MR) is 183 cm³/mol. The van der Waals surface area contributed by atoms with Gasteiger partial charge in [0.25, 0.3) is 0 Å². The van der Waals surface area contributed by atoms with E-state index < -0.39 is 23.4 Å². The van der Waals surface area contributed by atoms with Gasteiger partial charge in [0.05, 0.1) is 31.3 Å². The fourth-order valence-corrected chi connectivity index (χ4v) is 12.6. The number of pyridine rings is 1. The van der Waals surface area contributed by atoms with Crippen molar-refractivity contribution in [2.24, 2.45) is 56.7 Å². The quantitative estimate of drug-likeness (QED) is 0.282. The van der Waals surface area contributed by atoms with Gasteiger partial charge in [-0.25, -0.2) is 14.6 Å². The van der Waals surface area contributed by atoms with E-state index in [1.165, 1.54) is 5.57 Å². The molecule has 0 unspecified atom stereocenters. The molecule has 0 radical (unpaired) electrons. The number of carbonyl (C=O) groups is 1. The number of nitrogens with zero attached hydrogens (tertiary/aromatic N) is 5. The first-order valence-electron chi connectivity index (χ1n) is 18.2. The number of ether oxygens (including phenoxy) is 1. The summed E-state index contributed by atoms with van der Waals surface area (Å²) in [6.45, 7) is 17.1. The third-order valence-corrected chi connectivity index (χ3v) is 15.7. The lowest BCUT2D eigenvalue weighted by atomic mass is 9.34. The van der Waals surface area contributed by atoms with Crippen LogP contribution in [0.2, 0.25) is 0 Å². The maximum atomic E-state index is 13.4. The van der Waals surface area contributed by atoms with E-state index in [9.17, 15) is 15.0 Å². The number of aliphatic carboxylic acids is 1. The third kappa shape index (κ3) is 3.97. The summed E-state index contributed by atoms with van der Waals surface area (Å²) >= 11 is 0. The molecule has 0 aromatic carbocycles. The van der Waals surface area contributed by atoms with Crippen molar-refractivity contribution >= 4 is 11.6 Å². The Hall–Kier alpha value is -3.04. The first-order chi connectivity index (χ1) is 22.7. The average molecular weight is 656 g/mol. The number of allylic oxidation sites excluding steroid dienone is 1. The summed E-state index contributed by atoms with van der Waals surface area (Å²) in [4.78, 5) is 22.6. The Morgan fingerprint density at radius 3 is 2.58 bits per heavy atom. The highest BCUT2D eigenvalue weighted by Gasteiger charge is 2.71. The Balaban J connectivity index is 1.23. The zero-order valence-corrected chi connectivity index (χ0v) is 29.7. The van der Waals surface area contributed by atoms with E-state index in [0.29, 0.717) is 25.0 Å². The van der Waals surface area contributed by atoms with E-state index in [0.717, 1.165) is 55.6 Å². The summed E-state index contributed by atoms with van der Waals surface area (Å²) in [7, 11) is 0. The Kier molecular flexibility index (Phi) is 7.03. The van der Waals surface area contributed by atoms with Gasteiger partial charge in [-0.05, 0) is 90.6 Å². The lowest BCUT2D eigenvalue weighted by Crippen LogP contribution is -2.68. The third-order valence-electron chi connectivity index (χ3n) is 15.7. The molecule has 4 heterocycles. The van der Waals surface area contributed by atoms with E-state index >= 15 is 0 Å². The lowest BCUT2D eigenvalue weighted by molar-refractivity contribution is -0.240. The van der Waals surface area contributed by atoms with E-state index in [1.807, 2.05) is 33.6 Å². The van der Waals surface area contributed by atoms with Gasteiger partial charge >= 0.3 is 5.97 Å². The first-order valence-corrected chi connectivity index (χ1v) is 18.2. The second-order valence-electron chi connectivity index (χ2n) is 17.7. The molecule has 1 aliphatic heterocycles. The van der Waals surface area contributed by atoms with Crippen LogP contribution in [0.3, 0.4) is 0 Å². The number of rotatable bonds is 5. The fraction of sp³-hybridized carbons (Fsp3) is 0.692. The molecular formula is C39H53N5O4. The molecule has 0 amide bonds. The normalized spacial score (nSPS) is 42.9. The van der Waals surface area contributed by atoms with Crippen molar-refractivity contribution in [1.82, 2.24) is 24.1 Å². The monoisotopic (exact) mass is 655 g/mol. The summed E-state index contributed by atoms with van der Waals surface area (Å²) in [6.07, 6.45) is 14.6. The van der Waals surface area contributed by atoms with Gasteiger partial charge in [0.1, 0.15) is 12.0 Å². The zero-order valence-electron chi connectivity index (χ0n) is 29.7. The minimum Gasteiger partial charge on any atom is -0.481 e. The number of fused-ring (bicyclic) bond motifs is 4. The topological polar surface area (TPSA) is 115 Å². The summed E-state index contributed by atoms with van der Waals surface area (Å²) < 4.78 is 10.5. The molecule has 5 aliphatic rings. The van der Waals surface area contributed by atoms with Gasteiger partial charge in [-0.1, -0.05) is 60.1 Å². The Bertz CT molecular complexity index is 1800. The second-order valence-corrected chi connectivity index (χ2v) is 17.7. The van der Waals surface area contributed by atoms with Crippen LogP contribution in [0.15, 0.2) is 48.7 Å². The molecule has 2 bridgehead atoms. The zero-order chi connectivity index (χ0) is 34.0. The molecule has 9 heteroatoms. The Labute approximate surface area is 284 Å². The van der Waals surface area contributed by atoms with E-state index in [-0.39, 0.29) is 39.5 Å².